The lowest BCUT2D eigenvalue weighted by Gasteiger charge is -2.22. The zero-order valence-corrected chi connectivity index (χ0v) is 21.3. The van der Waals surface area contributed by atoms with Crippen LogP contribution in [0.1, 0.15) is 46.8 Å². The molecule has 1 aliphatic heterocycles. The molecule has 0 atom stereocenters. The molecule has 2 aromatic rings. The topological polar surface area (TPSA) is 66.0 Å². The highest BCUT2D eigenvalue weighted by Gasteiger charge is 2.23. The highest BCUT2D eigenvalue weighted by Crippen LogP contribution is 2.42. The first kappa shape index (κ1) is 24.7. The third-order valence-corrected chi connectivity index (χ3v) is 6.66. The minimum Gasteiger partial charge on any atom is -0.456 e. The fourth-order valence-corrected chi connectivity index (χ4v) is 4.58. The van der Waals surface area contributed by atoms with Crippen LogP contribution in [0.4, 0.5) is 0 Å². The van der Waals surface area contributed by atoms with E-state index in [9.17, 15) is 4.79 Å². The number of nitrogens with zero attached hydrogens (tertiary/aromatic N) is 2. The van der Waals surface area contributed by atoms with Crippen LogP contribution in [0, 0.1) is 20.8 Å². The summed E-state index contributed by atoms with van der Waals surface area (Å²) < 4.78 is 6.42. The summed E-state index contributed by atoms with van der Waals surface area (Å²) in [5.74, 6) is 0.728. The third kappa shape index (κ3) is 4.87. The molecule has 5 nitrogen and oxygen atoms in total. The monoisotopic (exact) mass is 470 g/mol. The number of rotatable bonds is 7. The fourth-order valence-electron chi connectivity index (χ4n) is 4.58. The van der Waals surface area contributed by atoms with Gasteiger partial charge >= 0.3 is 0 Å². The van der Waals surface area contributed by atoms with Crippen LogP contribution in [0.2, 0.25) is 0 Å². The van der Waals surface area contributed by atoms with Gasteiger partial charge in [-0.1, -0.05) is 18.2 Å². The van der Waals surface area contributed by atoms with Crippen molar-refractivity contribution in [1.82, 2.24) is 4.90 Å². The van der Waals surface area contributed by atoms with Crippen molar-refractivity contribution >= 4 is 16.9 Å². The Bertz CT molecular complexity index is 1420. The van der Waals surface area contributed by atoms with Gasteiger partial charge < -0.3 is 14.4 Å². The van der Waals surface area contributed by atoms with Crippen LogP contribution in [0.5, 0.6) is 0 Å². The second kappa shape index (κ2) is 10.4. The molecular formula is C30H34N2O3. The van der Waals surface area contributed by atoms with Gasteiger partial charge in [-0.25, -0.2) is 0 Å². The van der Waals surface area contributed by atoms with E-state index in [2.05, 4.69) is 44.0 Å². The van der Waals surface area contributed by atoms with E-state index < -0.39 is 0 Å². The maximum absolute atomic E-state index is 13.6. The Morgan fingerprint density at radius 2 is 1.71 bits per heavy atom. The Balaban J connectivity index is 2.02. The second-order valence-electron chi connectivity index (χ2n) is 9.22. The summed E-state index contributed by atoms with van der Waals surface area (Å²) >= 11 is 0. The van der Waals surface area contributed by atoms with Crippen LogP contribution in [0.3, 0.4) is 0 Å². The van der Waals surface area contributed by atoms with Crippen molar-refractivity contribution in [3.05, 3.63) is 76.1 Å². The van der Waals surface area contributed by atoms with E-state index >= 15 is 0 Å². The minimum atomic E-state index is -0.0289. The van der Waals surface area contributed by atoms with Crippen LogP contribution in [0.15, 0.2) is 57.9 Å². The standard InChI is InChI=1S/C30H34N2O3/c1-6-31-26-18-28-25(16-21(26)4)29(24-15-19(2)20(3)17-27(24)35-28)22-11-7-8-12-23(22)30(34)32(5)13-9-10-14-33/h7-8,11-12,15-18,33H,6,9-10,13-14H2,1-5H3. The van der Waals surface area contributed by atoms with Gasteiger partial charge in [0.2, 0.25) is 0 Å². The summed E-state index contributed by atoms with van der Waals surface area (Å²) in [6.45, 7) is 9.70. The number of carbonyl (C=O) groups excluding carboxylic acids is 1. The molecule has 4 rings (SSSR count). The number of amides is 1. The smallest absolute Gasteiger partial charge is 0.254 e. The van der Waals surface area contributed by atoms with Gasteiger partial charge in [0.15, 0.2) is 0 Å². The quantitative estimate of drug-likeness (QED) is 0.270. The van der Waals surface area contributed by atoms with E-state index in [0.717, 1.165) is 56.3 Å². The number of aliphatic hydroxyl groups excluding tert-OH is 1. The van der Waals surface area contributed by atoms with Crippen molar-refractivity contribution in [2.75, 3.05) is 26.7 Å². The Hall–Kier alpha value is -3.44. The number of hydrogen-bond donors (Lipinski definition) is 1. The number of aliphatic hydroxyl groups is 1. The lowest BCUT2D eigenvalue weighted by molar-refractivity contribution is 0.0791. The maximum atomic E-state index is 13.6. The first-order valence-corrected chi connectivity index (χ1v) is 12.3. The van der Waals surface area contributed by atoms with Gasteiger partial charge in [0.05, 0.1) is 5.36 Å². The molecule has 2 aromatic carbocycles. The predicted octanol–water partition coefficient (Wildman–Crippen LogP) is 5.89. The van der Waals surface area contributed by atoms with Gasteiger partial charge in [0, 0.05) is 54.9 Å². The molecule has 0 spiro atoms. The Morgan fingerprint density at radius 3 is 2.46 bits per heavy atom. The van der Waals surface area contributed by atoms with Gasteiger partial charge in [-0.15, -0.1) is 0 Å². The molecule has 0 radical (unpaired) electrons. The van der Waals surface area contributed by atoms with Crippen LogP contribution in [-0.2, 0) is 0 Å². The van der Waals surface area contributed by atoms with Gasteiger partial charge in [0.1, 0.15) is 11.3 Å². The number of hydrogen-bond acceptors (Lipinski definition) is 4. The molecule has 1 heterocycles. The number of unbranched alkanes of at least 4 members (excludes halogenated alkanes) is 1. The van der Waals surface area contributed by atoms with E-state index in [1.807, 2.05) is 44.3 Å². The van der Waals surface area contributed by atoms with Crippen LogP contribution in [-0.4, -0.2) is 42.7 Å². The highest BCUT2D eigenvalue weighted by molar-refractivity contribution is 6.09. The van der Waals surface area contributed by atoms with E-state index in [-0.39, 0.29) is 12.5 Å². The Labute approximate surface area is 207 Å². The summed E-state index contributed by atoms with van der Waals surface area (Å²) in [6, 6.07) is 16.2. The summed E-state index contributed by atoms with van der Waals surface area (Å²) in [6.07, 6.45) is 1.44. The first-order chi connectivity index (χ1) is 16.8. The fraction of sp³-hybridized carbons (Fsp3) is 0.333. The number of fused-ring (bicyclic) bond motifs is 2. The van der Waals surface area contributed by atoms with E-state index in [1.165, 1.54) is 5.56 Å². The molecule has 2 aliphatic rings. The van der Waals surface area contributed by atoms with Crippen molar-refractivity contribution in [1.29, 1.82) is 0 Å². The summed E-state index contributed by atoms with van der Waals surface area (Å²) in [7, 11) is 1.82. The van der Waals surface area contributed by atoms with Crippen LogP contribution in [0.25, 0.3) is 33.4 Å². The van der Waals surface area contributed by atoms with Crippen molar-refractivity contribution in [2.24, 2.45) is 4.99 Å². The third-order valence-electron chi connectivity index (χ3n) is 6.66. The highest BCUT2D eigenvalue weighted by atomic mass is 16.3. The number of benzene rings is 3. The van der Waals surface area contributed by atoms with E-state index in [1.54, 1.807) is 4.90 Å². The van der Waals surface area contributed by atoms with Crippen molar-refractivity contribution in [3.8, 4) is 22.5 Å². The minimum absolute atomic E-state index is 0.0289. The molecule has 182 valence electrons. The molecule has 1 aliphatic carbocycles. The van der Waals surface area contributed by atoms with Crippen molar-refractivity contribution in [2.45, 2.75) is 40.5 Å². The molecule has 1 amide bonds. The molecule has 5 heteroatoms. The van der Waals surface area contributed by atoms with Gasteiger partial charge in [-0.05, 0) is 87.1 Å². The molecule has 0 unspecified atom stereocenters. The molecule has 0 fully saturated rings. The summed E-state index contributed by atoms with van der Waals surface area (Å²) in [5, 5.41) is 11.0. The van der Waals surface area contributed by atoms with E-state index in [0.29, 0.717) is 25.1 Å². The maximum Gasteiger partial charge on any atom is 0.254 e. The van der Waals surface area contributed by atoms with Crippen molar-refractivity contribution in [3.63, 3.8) is 0 Å². The normalized spacial score (nSPS) is 12.0. The summed E-state index contributed by atoms with van der Waals surface area (Å²) in [5.41, 5.74) is 7.72. The SMILES string of the molecule is CCN=c1cc2oc3cc(C)c(C)cc3c(-c3ccccc3C(=O)N(C)CCCCO)c-2cc1C. The molecule has 0 saturated carbocycles. The molecule has 0 saturated heterocycles. The molecule has 0 bridgehead atoms. The van der Waals surface area contributed by atoms with Gasteiger partial charge in [0.25, 0.3) is 5.91 Å². The average molecular weight is 471 g/mol. The zero-order valence-electron chi connectivity index (χ0n) is 21.3. The zero-order chi connectivity index (χ0) is 25.1. The molecule has 35 heavy (non-hydrogen) atoms. The van der Waals surface area contributed by atoms with Crippen LogP contribution < -0.4 is 5.36 Å². The van der Waals surface area contributed by atoms with Crippen molar-refractivity contribution < 1.29 is 14.3 Å². The largest absolute Gasteiger partial charge is 0.456 e. The lowest BCUT2D eigenvalue weighted by Crippen LogP contribution is -2.28. The summed E-state index contributed by atoms with van der Waals surface area (Å²) in [4.78, 5) is 19.9. The Morgan fingerprint density at radius 1 is 0.971 bits per heavy atom. The second-order valence-corrected chi connectivity index (χ2v) is 9.22. The van der Waals surface area contributed by atoms with Gasteiger partial charge in [-0.2, -0.15) is 0 Å². The lowest BCUT2D eigenvalue weighted by atomic mass is 9.88. The van der Waals surface area contributed by atoms with Gasteiger partial charge in [-0.3, -0.25) is 9.79 Å². The average Bonchev–Trinajstić information content (AvgIpc) is 2.84. The molecule has 1 N–H and O–H groups in total. The predicted molar refractivity (Wildman–Crippen MR) is 142 cm³/mol. The van der Waals surface area contributed by atoms with E-state index in [4.69, 9.17) is 9.52 Å². The number of aryl methyl sites for hydroxylation is 3. The molecular weight excluding hydrogens is 436 g/mol. The molecule has 0 aromatic heterocycles. The Kier molecular flexibility index (Phi) is 7.37. The van der Waals surface area contributed by atoms with Crippen LogP contribution >= 0.6 is 0 Å². The first-order valence-electron chi connectivity index (χ1n) is 12.3. The number of carbonyl (C=O) groups is 1.